The monoisotopic (exact) mass is 822 g/mol. The summed E-state index contributed by atoms with van der Waals surface area (Å²) in [5.74, 6) is 0. The molecule has 0 unspecified atom stereocenters. The Labute approximate surface area is 379 Å². The van der Waals surface area contributed by atoms with Crippen molar-refractivity contribution < 1.29 is 0 Å². The Balaban J connectivity index is 1.10. The number of benzene rings is 12. The highest BCUT2D eigenvalue weighted by atomic mass is 14.5. The minimum atomic E-state index is -0.607. The van der Waals surface area contributed by atoms with Gasteiger partial charge in [0.2, 0.25) is 0 Å². The summed E-state index contributed by atoms with van der Waals surface area (Å²) in [4.78, 5) is 0. The maximum atomic E-state index is 2.50. The van der Waals surface area contributed by atoms with Crippen molar-refractivity contribution in [2.45, 2.75) is 5.41 Å². The van der Waals surface area contributed by atoms with Crippen LogP contribution in [0, 0.1) is 0 Å². The fraction of sp³-hybridized carbons (Fsp3) is 0.0154. The van der Waals surface area contributed by atoms with Crippen LogP contribution >= 0.6 is 0 Å². The highest BCUT2D eigenvalue weighted by Gasteiger charge is 2.46. The van der Waals surface area contributed by atoms with Gasteiger partial charge in [0.05, 0.1) is 5.41 Å². The van der Waals surface area contributed by atoms with Crippen LogP contribution in [0.5, 0.6) is 0 Å². The first-order valence-corrected chi connectivity index (χ1v) is 22.7. The SMILES string of the molecule is c1ccc(-c2c3ccccc3c(-c3cccc(C4(c5cccc(-c6c7ccccc7c(-c7ccccc7)c7ccccc67)c5)c5ccccc5-c5ccccc54)c3)c3ccccc23)cc1. The fourth-order valence-electron chi connectivity index (χ4n) is 11.6. The van der Waals surface area contributed by atoms with Crippen LogP contribution in [-0.4, -0.2) is 0 Å². The Morgan fingerprint density at radius 2 is 0.462 bits per heavy atom. The second-order valence-electron chi connectivity index (χ2n) is 17.4. The van der Waals surface area contributed by atoms with Gasteiger partial charge in [-0.05, 0) is 133 Å². The molecule has 1 aliphatic carbocycles. The Kier molecular flexibility index (Phi) is 8.54. The van der Waals surface area contributed by atoms with Crippen molar-refractivity contribution in [3.63, 3.8) is 0 Å². The largest absolute Gasteiger partial charge is 0.0713 e. The summed E-state index contributed by atoms with van der Waals surface area (Å²) in [6, 6.07) is 94.8. The van der Waals surface area contributed by atoms with Gasteiger partial charge in [0.1, 0.15) is 0 Å². The van der Waals surface area contributed by atoms with E-state index in [9.17, 15) is 0 Å². The molecule has 0 amide bonds. The normalized spacial score (nSPS) is 12.7. The molecule has 0 saturated carbocycles. The van der Waals surface area contributed by atoms with Crippen LogP contribution < -0.4 is 0 Å². The van der Waals surface area contributed by atoms with Gasteiger partial charge in [0.15, 0.2) is 0 Å². The molecule has 13 rings (SSSR count). The maximum absolute atomic E-state index is 2.50. The molecule has 0 N–H and O–H groups in total. The summed E-state index contributed by atoms with van der Waals surface area (Å²) in [5.41, 5.74) is 17.0. The second-order valence-corrected chi connectivity index (χ2v) is 17.4. The molecule has 0 bridgehead atoms. The molecule has 12 aromatic carbocycles. The van der Waals surface area contributed by atoms with E-state index in [0.717, 1.165) is 0 Å². The standard InChI is InChI=1S/C65H42/c1-3-21-43(22-4-1)61-51-31-7-11-35-55(51)63(56-36-12-8-32-52(56)61)45-25-19-27-47(41-45)65(59-39-17-15-29-49(59)50-30-16-18-40-60(50)65)48-28-20-26-46(42-48)64-57-37-13-9-33-53(57)62(44-23-5-2-6-24-44)54-34-10-14-38-58(54)64/h1-42H. The molecule has 0 heterocycles. The lowest BCUT2D eigenvalue weighted by molar-refractivity contribution is 0.769. The van der Waals surface area contributed by atoms with E-state index in [1.165, 1.54) is 121 Å². The minimum absolute atomic E-state index is 0.607. The molecular formula is C65H42. The highest BCUT2D eigenvalue weighted by molar-refractivity contribution is 6.22. The predicted octanol–water partition coefficient (Wildman–Crippen LogP) is 17.3. The molecule has 0 saturated heterocycles. The highest BCUT2D eigenvalue weighted by Crippen LogP contribution is 2.57. The first kappa shape index (κ1) is 37.3. The van der Waals surface area contributed by atoms with Gasteiger partial charge >= 0.3 is 0 Å². The second kappa shape index (κ2) is 14.9. The Morgan fingerprint density at radius 1 is 0.200 bits per heavy atom. The third-order valence-corrected chi connectivity index (χ3v) is 14.1. The number of hydrogen-bond acceptors (Lipinski definition) is 0. The molecule has 0 aromatic heterocycles. The van der Waals surface area contributed by atoms with Crippen molar-refractivity contribution in [1.82, 2.24) is 0 Å². The molecule has 12 aromatic rings. The molecule has 0 heteroatoms. The Morgan fingerprint density at radius 3 is 0.800 bits per heavy atom. The number of rotatable bonds is 6. The van der Waals surface area contributed by atoms with Gasteiger partial charge in [0.25, 0.3) is 0 Å². The quantitative estimate of drug-likeness (QED) is 0.147. The Hall–Kier alpha value is -8.32. The molecule has 0 aliphatic heterocycles. The van der Waals surface area contributed by atoms with Crippen LogP contribution in [0.25, 0.3) is 98.7 Å². The lowest BCUT2D eigenvalue weighted by Gasteiger charge is -2.34. The van der Waals surface area contributed by atoms with Gasteiger partial charge in [-0.2, -0.15) is 0 Å². The summed E-state index contributed by atoms with van der Waals surface area (Å²) in [6.45, 7) is 0. The van der Waals surface area contributed by atoms with Gasteiger partial charge in [-0.3, -0.25) is 0 Å². The van der Waals surface area contributed by atoms with Crippen LogP contribution in [-0.2, 0) is 5.41 Å². The molecule has 0 radical (unpaired) electrons. The Bertz CT molecular complexity index is 3450. The van der Waals surface area contributed by atoms with Crippen molar-refractivity contribution in [2.75, 3.05) is 0 Å². The van der Waals surface area contributed by atoms with Crippen LogP contribution in [0.3, 0.4) is 0 Å². The predicted molar refractivity (Wildman–Crippen MR) is 276 cm³/mol. The summed E-state index contributed by atoms with van der Waals surface area (Å²) in [7, 11) is 0. The van der Waals surface area contributed by atoms with Crippen molar-refractivity contribution >= 4 is 43.1 Å². The summed E-state index contributed by atoms with van der Waals surface area (Å²) in [6.07, 6.45) is 0. The fourth-order valence-corrected chi connectivity index (χ4v) is 11.6. The number of fused-ring (bicyclic) bond motifs is 7. The van der Waals surface area contributed by atoms with Gasteiger partial charge in [-0.15, -0.1) is 0 Å². The summed E-state index contributed by atoms with van der Waals surface area (Å²) < 4.78 is 0. The summed E-state index contributed by atoms with van der Waals surface area (Å²) in [5, 5.41) is 10.0. The van der Waals surface area contributed by atoms with E-state index in [-0.39, 0.29) is 0 Å². The third-order valence-electron chi connectivity index (χ3n) is 14.1. The van der Waals surface area contributed by atoms with Crippen LogP contribution in [0.1, 0.15) is 22.3 Å². The van der Waals surface area contributed by atoms with Crippen molar-refractivity contribution in [3.8, 4) is 55.6 Å². The van der Waals surface area contributed by atoms with E-state index in [0.29, 0.717) is 0 Å². The van der Waals surface area contributed by atoms with E-state index in [1.807, 2.05) is 0 Å². The molecule has 0 fully saturated rings. The van der Waals surface area contributed by atoms with E-state index < -0.39 is 5.41 Å². The average Bonchev–Trinajstić information content (AvgIpc) is 3.69. The van der Waals surface area contributed by atoms with E-state index in [2.05, 4.69) is 255 Å². The minimum Gasteiger partial charge on any atom is -0.0622 e. The van der Waals surface area contributed by atoms with Crippen LogP contribution in [0.4, 0.5) is 0 Å². The molecule has 0 atom stereocenters. The lowest BCUT2D eigenvalue weighted by atomic mass is 9.67. The van der Waals surface area contributed by atoms with E-state index >= 15 is 0 Å². The van der Waals surface area contributed by atoms with Crippen molar-refractivity contribution in [3.05, 3.63) is 277 Å². The molecule has 0 spiro atoms. The molecule has 302 valence electrons. The van der Waals surface area contributed by atoms with Crippen molar-refractivity contribution in [2.24, 2.45) is 0 Å². The molecule has 0 nitrogen and oxygen atoms in total. The van der Waals surface area contributed by atoms with Gasteiger partial charge in [-0.25, -0.2) is 0 Å². The third kappa shape index (κ3) is 5.57. The van der Waals surface area contributed by atoms with Crippen LogP contribution in [0.2, 0.25) is 0 Å². The van der Waals surface area contributed by atoms with Gasteiger partial charge in [0, 0.05) is 0 Å². The molecule has 1 aliphatic rings. The zero-order valence-electron chi connectivity index (χ0n) is 35.7. The molecular weight excluding hydrogens is 781 g/mol. The zero-order chi connectivity index (χ0) is 42.9. The van der Waals surface area contributed by atoms with E-state index in [4.69, 9.17) is 0 Å². The number of hydrogen-bond donors (Lipinski definition) is 0. The average molecular weight is 823 g/mol. The van der Waals surface area contributed by atoms with Crippen molar-refractivity contribution in [1.29, 1.82) is 0 Å². The first-order chi connectivity index (χ1) is 32.3. The van der Waals surface area contributed by atoms with Gasteiger partial charge < -0.3 is 0 Å². The smallest absolute Gasteiger partial charge is 0.0622 e. The zero-order valence-corrected chi connectivity index (χ0v) is 35.7. The topological polar surface area (TPSA) is 0 Å². The first-order valence-electron chi connectivity index (χ1n) is 22.7. The van der Waals surface area contributed by atoms with E-state index in [1.54, 1.807) is 0 Å². The maximum Gasteiger partial charge on any atom is 0.0713 e. The summed E-state index contributed by atoms with van der Waals surface area (Å²) >= 11 is 0. The van der Waals surface area contributed by atoms with Gasteiger partial charge in [-0.1, -0.05) is 243 Å². The molecule has 65 heavy (non-hydrogen) atoms. The van der Waals surface area contributed by atoms with Crippen LogP contribution in [0.15, 0.2) is 255 Å². The lowest BCUT2D eigenvalue weighted by Crippen LogP contribution is -2.28.